The average molecular weight is 1970 g/mol. The van der Waals surface area contributed by atoms with Gasteiger partial charge in [0.05, 0.1) is 73.5 Å². The number of rotatable bonds is 33. The first-order chi connectivity index (χ1) is 61.1. The number of ketones is 3. The van der Waals surface area contributed by atoms with E-state index < -0.39 is 78.8 Å². The maximum atomic E-state index is 13.4. The van der Waals surface area contributed by atoms with Crippen LogP contribution in [0.1, 0.15) is 241 Å². The number of benzene rings is 3. The molecule has 5 heterocycles. The molecule has 9 aliphatic rings. The Balaban J connectivity index is 0.000000456. The summed E-state index contributed by atoms with van der Waals surface area (Å²) in [6.45, 7) is 29.4. The van der Waals surface area contributed by atoms with E-state index in [0.29, 0.717) is 102 Å². The summed E-state index contributed by atoms with van der Waals surface area (Å²) in [4.78, 5) is 101. The Kier molecular flexibility index (Phi) is 48.9. The number of para-hydroxylation sites is 3. The topological polar surface area (TPSA) is 568 Å². The molecule has 11 atom stereocenters. The van der Waals surface area contributed by atoms with Gasteiger partial charge in [-0.05, 0) is 187 Å². The zero-order valence-electron chi connectivity index (χ0n) is 77.4. The SMILES string of the molecule is C.CC#N.CCc1cn(CCC(=O)C[C@@H](Cc2cccc(C(=O)OC(C)(C)C)c2OC)B2O[C@@H]3C[C@@H]4C[C@@H](C4(C)C)[C@]3(C)O2)nn1.COc1c(C[C@H](CC(=O)CCN=[N+]=[N-])B2O[C@@H]3C[C@@H]4C[C@@H](C4(C)C)[C@]3(C)O2)cccc1C(=O)OC(C)(C)C.ClB(Cl)Cl.NCc1cn(CCC(=O)C[C@H]2Cc3cccc(C(=O)O)c3OB2O)nn1.O=C(O)CCBr.[N-]=[N+]=NCCC(=O)O.[N-]=[N+]=[N-].[Na+]. The third-order valence-corrected chi connectivity index (χ3v) is 24.2. The van der Waals surface area contributed by atoms with Gasteiger partial charge in [0.1, 0.15) is 56.9 Å². The number of fused-ring (bicyclic) bond motifs is 1. The molecule has 3 aromatic carbocycles. The van der Waals surface area contributed by atoms with E-state index in [4.69, 9.17) is 120 Å². The van der Waals surface area contributed by atoms with Crippen molar-refractivity contribution in [2.24, 2.45) is 50.5 Å². The van der Waals surface area contributed by atoms with Gasteiger partial charge >= 0.3 is 85.7 Å². The number of methoxy groups -OCH3 is 2. The van der Waals surface area contributed by atoms with Gasteiger partial charge in [-0.25, -0.2) is 14.4 Å². The number of carbonyl (C=O) groups excluding carboxylic acids is 5. The second-order valence-corrected chi connectivity index (χ2v) is 38.4. The summed E-state index contributed by atoms with van der Waals surface area (Å²) in [5.74, 6) is -1.56. The molecule has 0 spiro atoms. The van der Waals surface area contributed by atoms with Gasteiger partial charge in [0.25, 0.3) is 0 Å². The quantitative estimate of drug-likeness (QED) is 0.00650. The molecule has 6 aliphatic carbocycles. The Bertz CT molecular complexity index is 4850. The number of nitriles is 1. The number of nitrogens with two attached hydrogens (primary N) is 1. The zero-order chi connectivity index (χ0) is 97.4. The maximum Gasteiger partial charge on any atom is 1.00 e. The van der Waals surface area contributed by atoms with Crippen molar-refractivity contribution in [1.29, 1.82) is 5.26 Å². The first kappa shape index (κ1) is 118. The number of halogens is 4. The van der Waals surface area contributed by atoms with Crippen LogP contribution in [0.2, 0.25) is 17.5 Å². The molecule has 8 fully saturated rings. The second kappa shape index (κ2) is 54.9. The summed E-state index contributed by atoms with van der Waals surface area (Å²) >= 11 is 17.4. The molecule has 0 amide bonds. The third-order valence-electron chi connectivity index (χ3n) is 23.8. The summed E-state index contributed by atoms with van der Waals surface area (Å²) in [5.41, 5.74) is 38.1. The molecule has 4 bridgehead atoms. The smallest absolute Gasteiger partial charge is 0.535 e. The largest absolute Gasteiger partial charge is 1.00 e. The minimum atomic E-state index is -1.22. The van der Waals surface area contributed by atoms with E-state index in [1.807, 2.05) is 72.9 Å². The van der Waals surface area contributed by atoms with Gasteiger partial charge in [-0.3, -0.25) is 38.2 Å². The zero-order valence-corrected chi connectivity index (χ0v) is 83.2. The van der Waals surface area contributed by atoms with Crippen molar-refractivity contribution in [3.05, 3.63) is 149 Å². The van der Waals surface area contributed by atoms with Gasteiger partial charge in [-0.15, -0.1) is 10.2 Å². The molecule has 47 heteroatoms. The van der Waals surface area contributed by atoms with Gasteiger partial charge in [0.2, 0.25) is 0 Å². The Morgan fingerprint density at radius 3 is 1.43 bits per heavy atom. The van der Waals surface area contributed by atoms with E-state index in [9.17, 15) is 48.5 Å². The molecule has 132 heavy (non-hydrogen) atoms. The van der Waals surface area contributed by atoms with Crippen LogP contribution in [0.4, 0.5) is 0 Å². The van der Waals surface area contributed by atoms with Crippen LogP contribution in [0.5, 0.6) is 17.2 Å². The fourth-order valence-corrected chi connectivity index (χ4v) is 17.7. The molecule has 5 aromatic rings. The number of nitrogens with zero attached hydrogens (tertiary/aromatic N) is 16. The first-order valence-corrected chi connectivity index (χ1v) is 45.0. The number of aromatic carboxylic acids is 1. The number of carboxylic acid groups (broad SMARTS) is 3. The van der Waals surface area contributed by atoms with E-state index in [-0.39, 0.29) is 171 Å². The fourth-order valence-electron chi connectivity index (χ4n) is 17.4. The molecule has 6 N–H and O–H groups in total. The van der Waals surface area contributed by atoms with Crippen LogP contribution < -0.4 is 49.4 Å². The number of Topliss-reactive ketones (excluding diaryl/α,β-unsaturated/α-hetero) is 3. The molecule has 2 saturated heterocycles. The van der Waals surface area contributed by atoms with Gasteiger partial charge < -0.3 is 79.4 Å². The van der Waals surface area contributed by atoms with Crippen LogP contribution in [0.25, 0.3) is 36.9 Å². The number of aliphatic carboxylic acids is 2. The Labute approximate surface area is 817 Å². The van der Waals surface area contributed by atoms with Crippen molar-refractivity contribution in [1.82, 2.24) is 30.0 Å². The summed E-state index contributed by atoms with van der Waals surface area (Å²) in [6.07, 6.45) is 11.3. The van der Waals surface area contributed by atoms with Crippen molar-refractivity contribution < 1.29 is 130 Å². The standard InChI is InChI=1S/C32H46BN3O6.C28H40BN3O6.C16H19BN4O5.C3H5BrO2.C3H5N3O2.C2H3N.CH4.BCl3.N3.Na/c1-9-23-19-36(35-34-23)14-13-24(37)18-22(33-41-27-17-21-16-26(31(21,5)6)32(27,7)42-33)15-20-11-10-12-25(28(20)39-8)29(38)40-30(2,3)4;1-26(2,3)36-25(34)21-10-8-9-17(24(21)35-7)13-19(16-20(33)11-12-31-32-30)29-37-23-15-18-14-22(27(18,4)5)28(23,6)38-29;18-8-12-9-21(20-19-12)5-4-13(22)7-11-6-10-2-1-3-14(16(23)24)15(10)26-17(11)25;4-2-1-3(5)6;4-6-5-2-1-3(7)8;1-2-3;;2-1(3)4;1-3-2;/h10-12,19,21-22,26-27H,9,13-18H2,1-8H3;8-10,18-19,22-23H,11-16H2,1-7H3;1-3,9,11,25H,4-8,18H2,(H,23,24);1-2H2,(H,5,6);1-2H2,(H,7,8);1H3;1H4;;;/q;;;;;;;;-1;+1/t21-,22+,26-,27+,32-;18-,19+,22-,23+,28-;11-;;;;;;;/m001......./s1. The molecular formula is C85H122B4BrCl3N17NaO21. The van der Waals surface area contributed by atoms with E-state index >= 15 is 0 Å². The van der Waals surface area contributed by atoms with Crippen LogP contribution >= 0.6 is 50.3 Å². The number of aromatic nitrogens is 6. The Morgan fingerprint density at radius 2 is 1.07 bits per heavy atom. The number of carbonyl (C=O) groups is 8. The summed E-state index contributed by atoms with van der Waals surface area (Å²) < 4.78 is 58.2. The van der Waals surface area contributed by atoms with Crippen LogP contribution in [-0.4, -0.2) is 191 Å². The van der Waals surface area contributed by atoms with Gasteiger partial charge in [0.15, 0.2) is 0 Å². The molecule has 3 aliphatic heterocycles. The molecule has 2 aromatic heterocycles. The number of hydrogen-bond donors (Lipinski definition) is 5. The van der Waals surface area contributed by atoms with Crippen LogP contribution in [0, 0.1) is 45.8 Å². The van der Waals surface area contributed by atoms with Crippen molar-refractivity contribution in [2.75, 3.05) is 32.6 Å². The first-order valence-electron chi connectivity index (χ1n) is 42.5. The van der Waals surface area contributed by atoms with E-state index in [1.165, 1.54) is 25.0 Å². The van der Waals surface area contributed by atoms with Crippen molar-refractivity contribution in [3.63, 3.8) is 0 Å². The predicted octanol–water partition coefficient (Wildman–Crippen LogP) is 14.1. The summed E-state index contributed by atoms with van der Waals surface area (Å²) in [6, 6.07) is 17.4. The monoisotopic (exact) mass is 1970 g/mol. The second-order valence-electron chi connectivity index (χ2n) is 35.6. The van der Waals surface area contributed by atoms with Crippen LogP contribution in [-0.2, 0) is 97.4 Å². The molecule has 6 saturated carbocycles. The number of azide groups is 2. The summed E-state index contributed by atoms with van der Waals surface area (Å²) in [5, 5.41) is 65.6. The normalized spacial score (nSPS) is 20.9. The molecule has 0 unspecified atom stereocenters. The van der Waals surface area contributed by atoms with Crippen LogP contribution in [0.3, 0.4) is 0 Å². The Hall–Kier alpha value is -8.51. The van der Waals surface area contributed by atoms with Gasteiger partial charge in [0, 0.05) is 123 Å². The number of carboxylic acids is 3. The molecular weight excluding hydrogens is 1850 g/mol. The van der Waals surface area contributed by atoms with Crippen molar-refractivity contribution in [3.8, 4) is 23.3 Å². The third kappa shape index (κ3) is 34.4. The number of alkyl halides is 1. The van der Waals surface area contributed by atoms with E-state index in [1.54, 1.807) is 59.1 Å². The van der Waals surface area contributed by atoms with Crippen molar-refractivity contribution in [2.45, 2.75) is 279 Å². The predicted molar refractivity (Wildman–Crippen MR) is 499 cm³/mol. The average Bonchev–Trinajstić information content (AvgIpc) is 1.42. The minimum Gasteiger partial charge on any atom is -0.535 e. The van der Waals surface area contributed by atoms with Crippen LogP contribution in [0.15, 0.2) is 77.2 Å². The minimum absolute atomic E-state index is 0. The molecule has 0 radical (unpaired) electrons. The van der Waals surface area contributed by atoms with Crippen molar-refractivity contribution >= 4 is 124 Å². The number of esters is 2. The maximum absolute atomic E-state index is 13.4. The summed E-state index contributed by atoms with van der Waals surface area (Å²) in [7, 11) is 0.760. The van der Waals surface area contributed by atoms with Gasteiger partial charge in [-0.1, -0.05) is 115 Å². The molecule has 38 nitrogen and oxygen atoms in total. The van der Waals surface area contributed by atoms with Gasteiger partial charge in [-0.2, -0.15) is 39.6 Å². The number of aryl methyl sites for hydroxylation is 3. The fraction of sp³-hybridized carbons (Fsp3) is 0.635. The number of hydrogen-bond acceptors (Lipinski definition) is 26. The molecule has 14 rings (SSSR count). The Morgan fingerprint density at radius 1 is 0.667 bits per heavy atom. The number of ether oxygens (including phenoxy) is 4. The van der Waals surface area contributed by atoms with E-state index in [0.717, 1.165) is 48.9 Å². The van der Waals surface area contributed by atoms with E-state index in [2.05, 4.69) is 98.1 Å². The molecule has 714 valence electrons.